The summed E-state index contributed by atoms with van der Waals surface area (Å²) in [6, 6.07) is 24.8. The third-order valence-electron chi connectivity index (χ3n) is 7.02. The van der Waals surface area contributed by atoms with Gasteiger partial charge in [0.1, 0.15) is 18.1 Å². The third-order valence-corrected chi connectivity index (χ3v) is 7.61. The van der Waals surface area contributed by atoms with E-state index in [4.69, 9.17) is 42.4 Å². The van der Waals surface area contributed by atoms with Crippen molar-refractivity contribution in [1.29, 1.82) is 0 Å². The average molecular weight is 605 g/mol. The van der Waals surface area contributed by atoms with Gasteiger partial charge in [-0.15, -0.1) is 0 Å². The number of amides is 1. The fraction of sp³-hybridized carbons (Fsp3) is 0.212. The first kappa shape index (κ1) is 29.3. The van der Waals surface area contributed by atoms with Crippen LogP contribution in [0.1, 0.15) is 34.7 Å². The molecule has 0 radical (unpaired) electrons. The van der Waals surface area contributed by atoms with Crippen LogP contribution in [0.25, 0.3) is 5.65 Å². The molecule has 1 atom stereocenters. The summed E-state index contributed by atoms with van der Waals surface area (Å²) < 4.78 is 19.2. The molecule has 1 N–H and O–H groups in total. The van der Waals surface area contributed by atoms with Crippen LogP contribution >= 0.6 is 23.2 Å². The van der Waals surface area contributed by atoms with Crippen LogP contribution in [0, 0.1) is 0 Å². The summed E-state index contributed by atoms with van der Waals surface area (Å²) in [4.78, 5) is 18.0. The van der Waals surface area contributed by atoms with Gasteiger partial charge in [0.2, 0.25) is 5.91 Å². The molecule has 7 nitrogen and oxygen atoms in total. The molecular weight excluding hydrogens is 573 g/mol. The Kier molecular flexibility index (Phi) is 9.52. The van der Waals surface area contributed by atoms with Gasteiger partial charge in [-0.1, -0.05) is 59.6 Å². The molecule has 5 aromatic rings. The minimum atomic E-state index is -0.354. The number of nitrogens with one attached hydrogen (secondary N) is 1. The van der Waals surface area contributed by atoms with Gasteiger partial charge in [-0.3, -0.25) is 4.79 Å². The quantitative estimate of drug-likeness (QED) is 0.164. The van der Waals surface area contributed by atoms with Crippen LogP contribution in [0.5, 0.6) is 17.2 Å². The van der Waals surface area contributed by atoms with Gasteiger partial charge in [-0.05, 0) is 59.5 Å². The average Bonchev–Trinajstić information content (AvgIpc) is 3.44. The van der Waals surface area contributed by atoms with Crippen LogP contribution in [0.15, 0.2) is 91.3 Å². The number of aromatic nitrogens is 2. The lowest BCUT2D eigenvalue weighted by Crippen LogP contribution is -2.27. The Bertz CT molecular complexity index is 1650. The number of nitrogens with zero attached hydrogens (tertiary/aromatic N) is 2. The molecule has 216 valence electrons. The maximum atomic E-state index is 13.3. The molecule has 5 rings (SSSR count). The van der Waals surface area contributed by atoms with Crippen LogP contribution in [0.3, 0.4) is 0 Å². The highest BCUT2D eigenvalue weighted by Crippen LogP contribution is 2.35. The van der Waals surface area contributed by atoms with Gasteiger partial charge in [0.05, 0.1) is 19.9 Å². The zero-order chi connectivity index (χ0) is 29.5. The number of rotatable bonds is 12. The molecule has 0 aliphatic heterocycles. The summed E-state index contributed by atoms with van der Waals surface area (Å²) in [7, 11) is 3.21. The molecule has 1 unspecified atom stereocenters. The Hall–Kier alpha value is -4.20. The van der Waals surface area contributed by atoms with Crippen molar-refractivity contribution in [2.24, 2.45) is 0 Å². The van der Waals surface area contributed by atoms with Gasteiger partial charge in [0, 0.05) is 47.4 Å². The van der Waals surface area contributed by atoms with Crippen LogP contribution < -0.4 is 19.5 Å². The second-order valence-corrected chi connectivity index (χ2v) is 10.6. The molecule has 0 fully saturated rings. The van der Waals surface area contributed by atoms with E-state index in [1.165, 1.54) is 0 Å². The highest BCUT2D eigenvalue weighted by atomic mass is 35.5. The largest absolute Gasteiger partial charge is 0.497 e. The van der Waals surface area contributed by atoms with E-state index < -0.39 is 0 Å². The van der Waals surface area contributed by atoms with E-state index in [0.717, 1.165) is 22.4 Å². The van der Waals surface area contributed by atoms with Crippen molar-refractivity contribution in [3.63, 3.8) is 0 Å². The van der Waals surface area contributed by atoms with E-state index in [0.29, 0.717) is 52.5 Å². The summed E-state index contributed by atoms with van der Waals surface area (Å²) in [6.45, 7) is 0.845. The third kappa shape index (κ3) is 6.98. The smallest absolute Gasteiger partial charge is 0.221 e. The number of fused-ring (bicyclic) bond motifs is 1. The van der Waals surface area contributed by atoms with E-state index >= 15 is 0 Å². The summed E-state index contributed by atoms with van der Waals surface area (Å²) in [6.07, 6.45) is 4.48. The molecule has 2 aromatic heterocycles. The van der Waals surface area contributed by atoms with Gasteiger partial charge in [-0.2, -0.15) is 0 Å². The van der Waals surface area contributed by atoms with E-state index in [2.05, 4.69) is 5.32 Å². The number of ether oxygens (including phenoxy) is 3. The number of hydrogen-bond acceptors (Lipinski definition) is 5. The van der Waals surface area contributed by atoms with E-state index in [-0.39, 0.29) is 18.2 Å². The topological polar surface area (TPSA) is 74.1 Å². The summed E-state index contributed by atoms with van der Waals surface area (Å²) in [5.41, 5.74) is 4.34. The molecule has 9 heteroatoms. The number of hydrogen-bond donors (Lipinski definition) is 1. The fourth-order valence-electron chi connectivity index (χ4n) is 4.85. The molecule has 0 bridgehead atoms. The molecule has 2 heterocycles. The summed E-state index contributed by atoms with van der Waals surface area (Å²) in [5, 5.41) is 4.20. The minimum Gasteiger partial charge on any atom is -0.497 e. The summed E-state index contributed by atoms with van der Waals surface area (Å²) in [5.74, 6) is 1.45. The molecule has 0 saturated heterocycles. The number of methoxy groups -OCH3 is 2. The maximum absolute atomic E-state index is 13.3. The van der Waals surface area contributed by atoms with Crippen LogP contribution in [-0.4, -0.2) is 36.1 Å². The predicted molar refractivity (Wildman–Crippen MR) is 165 cm³/mol. The zero-order valence-electron chi connectivity index (χ0n) is 23.3. The van der Waals surface area contributed by atoms with E-state index in [1.807, 2.05) is 71.3 Å². The van der Waals surface area contributed by atoms with Crippen molar-refractivity contribution in [2.75, 3.05) is 20.8 Å². The van der Waals surface area contributed by atoms with Gasteiger partial charge < -0.3 is 23.9 Å². The van der Waals surface area contributed by atoms with Crippen molar-refractivity contribution >= 4 is 34.8 Å². The molecule has 0 aliphatic carbocycles. The molecule has 0 saturated carbocycles. The van der Waals surface area contributed by atoms with Gasteiger partial charge in [0.25, 0.3) is 0 Å². The first-order valence-corrected chi connectivity index (χ1v) is 14.3. The highest BCUT2D eigenvalue weighted by molar-refractivity contribution is 6.35. The van der Waals surface area contributed by atoms with Crippen LogP contribution in [-0.2, 0) is 17.8 Å². The van der Waals surface area contributed by atoms with Crippen molar-refractivity contribution < 1.29 is 19.0 Å². The van der Waals surface area contributed by atoms with Gasteiger partial charge in [-0.25, -0.2) is 4.98 Å². The zero-order valence-corrected chi connectivity index (χ0v) is 24.9. The lowest BCUT2D eigenvalue weighted by molar-refractivity contribution is -0.121. The Labute approximate surface area is 255 Å². The lowest BCUT2D eigenvalue weighted by atomic mass is 9.91. The number of benzene rings is 3. The van der Waals surface area contributed by atoms with Crippen LogP contribution in [0.4, 0.5) is 0 Å². The van der Waals surface area contributed by atoms with Gasteiger partial charge in [0.15, 0.2) is 11.4 Å². The monoisotopic (exact) mass is 603 g/mol. The second kappa shape index (κ2) is 13.6. The highest BCUT2D eigenvalue weighted by Gasteiger charge is 2.24. The molecule has 42 heavy (non-hydrogen) atoms. The number of carbonyl (C=O) groups is 1. The minimum absolute atomic E-state index is 0.113. The van der Waals surface area contributed by atoms with Gasteiger partial charge >= 0.3 is 0 Å². The molecule has 0 spiro atoms. The molecule has 0 aliphatic rings. The van der Waals surface area contributed by atoms with Crippen molar-refractivity contribution in [3.05, 3.63) is 124 Å². The maximum Gasteiger partial charge on any atom is 0.221 e. The molecular formula is C33H31Cl2N3O4. The Morgan fingerprint density at radius 1 is 0.952 bits per heavy atom. The van der Waals surface area contributed by atoms with Crippen molar-refractivity contribution in [1.82, 2.24) is 14.7 Å². The Morgan fingerprint density at radius 3 is 2.43 bits per heavy atom. The number of pyridine rings is 1. The normalized spacial score (nSPS) is 11.7. The number of halogens is 2. The Balaban J connectivity index is 1.42. The lowest BCUT2D eigenvalue weighted by Gasteiger charge is -2.19. The standard InChI is InChI=1S/C33H31Cl2N3O4/c1-40-26-15-24(16-27(18-26)41-2)28(19-32(39)36-13-12-23-10-11-25(34)17-29(23)35)30-20-37-33-31(9-6-14-38(30)33)42-21-22-7-4-3-5-8-22/h3-11,14-18,20,28H,12-13,19,21H2,1-2H3,(H,36,39). The molecule has 3 aromatic carbocycles. The Morgan fingerprint density at radius 2 is 1.71 bits per heavy atom. The van der Waals surface area contributed by atoms with Crippen molar-refractivity contribution in [3.8, 4) is 17.2 Å². The fourth-order valence-corrected chi connectivity index (χ4v) is 5.36. The predicted octanol–water partition coefficient (Wildman–Crippen LogP) is 7.12. The van der Waals surface area contributed by atoms with E-state index in [1.54, 1.807) is 38.6 Å². The van der Waals surface area contributed by atoms with Crippen molar-refractivity contribution in [2.45, 2.75) is 25.4 Å². The summed E-state index contributed by atoms with van der Waals surface area (Å²) >= 11 is 12.3. The number of imidazole rings is 1. The molecule has 1 amide bonds. The van der Waals surface area contributed by atoms with E-state index in [9.17, 15) is 4.79 Å². The second-order valence-electron chi connectivity index (χ2n) is 9.76. The SMILES string of the molecule is COc1cc(OC)cc(C(CC(=O)NCCc2ccc(Cl)cc2Cl)c2cnc3c(OCc4ccccc4)cccn23)c1. The number of carbonyl (C=O) groups excluding carboxylic acids is 1. The van der Waals surface area contributed by atoms with Crippen LogP contribution in [0.2, 0.25) is 10.0 Å². The first-order valence-electron chi connectivity index (χ1n) is 13.5. The first-order chi connectivity index (χ1) is 20.4.